The van der Waals surface area contributed by atoms with Crippen molar-refractivity contribution in [1.82, 2.24) is 9.97 Å². The van der Waals surface area contributed by atoms with Crippen molar-refractivity contribution < 1.29 is 14.6 Å². The molecule has 0 fully saturated rings. The quantitative estimate of drug-likeness (QED) is 0.930. The van der Waals surface area contributed by atoms with Crippen LogP contribution in [0.3, 0.4) is 0 Å². The number of para-hydroxylation sites is 2. The minimum absolute atomic E-state index is 0.215. The molecular formula is C15H15N3O3. The summed E-state index contributed by atoms with van der Waals surface area (Å²) in [4.78, 5) is 21.6. The van der Waals surface area contributed by atoms with Crippen LogP contribution in [0.4, 0.5) is 11.5 Å². The van der Waals surface area contributed by atoms with Crippen LogP contribution in [0.5, 0.6) is 5.75 Å². The number of ether oxygens (including phenoxy) is 1. The Labute approximate surface area is 122 Å². The van der Waals surface area contributed by atoms with E-state index in [2.05, 4.69) is 9.97 Å². The molecule has 2 heterocycles. The number of anilines is 2. The van der Waals surface area contributed by atoms with E-state index in [0.29, 0.717) is 11.6 Å². The number of hydrogen-bond donors (Lipinski definition) is 1. The molecule has 0 radical (unpaired) electrons. The maximum Gasteiger partial charge on any atom is 0.346 e. The molecule has 21 heavy (non-hydrogen) atoms. The molecule has 0 bridgehead atoms. The molecule has 1 aromatic carbocycles. The van der Waals surface area contributed by atoms with Crippen molar-refractivity contribution in [2.45, 2.75) is 19.4 Å². The third-order valence-corrected chi connectivity index (χ3v) is 3.40. The van der Waals surface area contributed by atoms with Gasteiger partial charge in [-0.15, -0.1) is 0 Å². The third-order valence-electron chi connectivity index (χ3n) is 3.40. The summed E-state index contributed by atoms with van der Waals surface area (Å²) in [7, 11) is 0. The summed E-state index contributed by atoms with van der Waals surface area (Å²) in [6.45, 7) is 2.23. The van der Waals surface area contributed by atoms with E-state index in [-0.39, 0.29) is 6.54 Å². The van der Waals surface area contributed by atoms with Gasteiger partial charge in [0.15, 0.2) is 0 Å². The maximum atomic E-state index is 11.3. The SMILES string of the molecule is CCc1cc(N2CC(C(=O)O)Oc3ccccc32)ncn1. The van der Waals surface area contributed by atoms with Crippen molar-refractivity contribution in [3.63, 3.8) is 0 Å². The molecule has 3 rings (SSSR count). The molecule has 1 N–H and O–H groups in total. The van der Waals surface area contributed by atoms with Gasteiger partial charge in [-0.2, -0.15) is 0 Å². The lowest BCUT2D eigenvalue weighted by atomic mass is 10.2. The molecule has 6 heteroatoms. The first-order chi connectivity index (χ1) is 10.2. The van der Waals surface area contributed by atoms with Gasteiger partial charge in [0.25, 0.3) is 0 Å². The van der Waals surface area contributed by atoms with E-state index in [1.54, 1.807) is 6.07 Å². The third kappa shape index (κ3) is 2.52. The molecule has 6 nitrogen and oxygen atoms in total. The molecule has 0 aliphatic carbocycles. The Balaban J connectivity index is 2.05. The number of aryl methyl sites for hydroxylation is 1. The summed E-state index contributed by atoms with van der Waals surface area (Å²) < 4.78 is 5.52. The Bertz CT molecular complexity index is 675. The van der Waals surface area contributed by atoms with Crippen LogP contribution in [0.15, 0.2) is 36.7 Å². The monoisotopic (exact) mass is 285 g/mol. The van der Waals surface area contributed by atoms with Crippen molar-refractivity contribution in [3.8, 4) is 5.75 Å². The highest BCUT2D eigenvalue weighted by molar-refractivity contribution is 5.78. The number of aliphatic carboxylic acids is 1. The second-order valence-corrected chi connectivity index (χ2v) is 4.74. The minimum atomic E-state index is -0.987. The lowest BCUT2D eigenvalue weighted by molar-refractivity contribution is -0.144. The molecule has 2 aromatic rings. The number of nitrogens with zero attached hydrogens (tertiary/aromatic N) is 3. The van der Waals surface area contributed by atoms with E-state index in [1.165, 1.54) is 6.33 Å². The van der Waals surface area contributed by atoms with Crippen LogP contribution in [0.2, 0.25) is 0 Å². The minimum Gasteiger partial charge on any atom is -0.478 e. The first-order valence-corrected chi connectivity index (χ1v) is 6.76. The van der Waals surface area contributed by atoms with Gasteiger partial charge in [0.1, 0.15) is 17.9 Å². The van der Waals surface area contributed by atoms with Crippen LogP contribution in [0.1, 0.15) is 12.6 Å². The summed E-state index contributed by atoms with van der Waals surface area (Å²) in [6, 6.07) is 9.23. The van der Waals surface area contributed by atoms with E-state index in [4.69, 9.17) is 4.74 Å². The molecule has 1 aliphatic rings. The van der Waals surface area contributed by atoms with Crippen LogP contribution < -0.4 is 9.64 Å². The van der Waals surface area contributed by atoms with E-state index in [0.717, 1.165) is 17.8 Å². The molecule has 1 aliphatic heterocycles. The van der Waals surface area contributed by atoms with Gasteiger partial charge in [-0.1, -0.05) is 19.1 Å². The second-order valence-electron chi connectivity index (χ2n) is 4.74. The smallest absolute Gasteiger partial charge is 0.346 e. The molecule has 0 saturated heterocycles. The standard InChI is InChI=1S/C15H15N3O3/c1-2-10-7-14(17-9-16-10)18-8-13(15(19)20)21-12-6-4-3-5-11(12)18/h3-7,9,13H,2,8H2,1H3,(H,19,20). The molecule has 0 amide bonds. The average Bonchev–Trinajstić information content (AvgIpc) is 2.53. The number of rotatable bonds is 3. The summed E-state index contributed by atoms with van der Waals surface area (Å²) in [6.07, 6.45) is 1.38. The molecule has 1 aromatic heterocycles. The zero-order valence-corrected chi connectivity index (χ0v) is 11.6. The Morgan fingerprint density at radius 1 is 1.43 bits per heavy atom. The number of carbonyl (C=O) groups is 1. The largest absolute Gasteiger partial charge is 0.478 e. The number of carboxylic acids is 1. The van der Waals surface area contributed by atoms with Crippen molar-refractivity contribution in [3.05, 3.63) is 42.4 Å². The van der Waals surface area contributed by atoms with Gasteiger partial charge in [-0.05, 0) is 18.6 Å². The maximum absolute atomic E-state index is 11.3. The van der Waals surface area contributed by atoms with Crippen molar-refractivity contribution in [2.75, 3.05) is 11.4 Å². The van der Waals surface area contributed by atoms with Gasteiger partial charge in [-0.25, -0.2) is 14.8 Å². The van der Waals surface area contributed by atoms with Gasteiger partial charge < -0.3 is 14.7 Å². The van der Waals surface area contributed by atoms with E-state index >= 15 is 0 Å². The van der Waals surface area contributed by atoms with Crippen molar-refractivity contribution in [1.29, 1.82) is 0 Å². The predicted octanol–water partition coefficient (Wildman–Crippen LogP) is 2.02. The first kappa shape index (κ1) is 13.4. The van der Waals surface area contributed by atoms with Gasteiger partial charge >= 0.3 is 5.97 Å². The van der Waals surface area contributed by atoms with E-state index in [9.17, 15) is 9.90 Å². The number of aromatic nitrogens is 2. The highest BCUT2D eigenvalue weighted by Gasteiger charge is 2.31. The number of fused-ring (bicyclic) bond motifs is 1. The zero-order valence-electron chi connectivity index (χ0n) is 11.6. The van der Waals surface area contributed by atoms with Crippen LogP contribution >= 0.6 is 0 Å². The van der Waals surface area contributed by atoms with Crippen molar-refractivity contribution >= 4 is 17.5 Å². The molecule has 0 saturated carbocycles. The fraction of sp³-hybridized carbons (Fsp3) is 0.267. The Morgan fingerprint density at radius 2 is 2.24 bits per heavy atom. The van der Waals surface area contributed by atoms with Crippen LogP contribution in [-0.4, -0.2) is 33.7 Å². The van der Waals surface area contributed by atoms with Gasteiger partial charge in [-0.3, -0.25) is 0 Å². The van der Waals surface area contributed by atoms with E-state index in [1.807, 2.05) is 36.1 Å². The molecule has 108 valence electrons. The second kappa shape index (κ2) is 5.40. The van der Waals surface area contributed by atoms with Crippen molar-refractivity contribution in [2.24, 2.45) is 0 Å². The van der Waals surface area contributed by atoms with Crippen LogP contribution in [0.25, 0.3) is 0 Å². The summed E-state index contributed by atoms with van der Waals surface area (Å²) in [5, 5.41) is 9.24. The van der Waals surface area contributed by atoms with Crippen LogP contribution in [-0.2, 0) is 11.2 Å². The Kier molecular flexibility index (Phi) is 3.43. The first-order valence-electron chi connectivity index (χ1n) is 6.76. The van der Waals surface area contributed by atoms with E-state index < -0.39 is 12.1 Å². The fourth-order valence-corrected chi connectivity index (χ4v) is 2.31. The molecular weight excluding hydrogens is 270 g/mol. The highest BCUT2D eigenvalue weighted by atomic mass is 16.5. The lowest BCUT2D eigenvalue weighted by Crippen LogP contribution is -2.42. The van der Waals surface area contributed by atoms with Crippen LogP contribution in [0, 0.1) is 0 Å². The van der Waals surface area contributed by atoms with Gasteiger partial charge in [0, 0.05) is 11.8 Å². The Morgan fingerprint density at radius 3 is 3.00 bits per heavy atom. The summed E-state index contributed by atoms with van der Waals surface area (Å²) >= 11 is 0. The fourth-order valence-electron chi connectivity index (χ4n) is 2.31. The molecule has 1 unspecified atom stereocenters. The number of hydrogen-bond acceptors (Lipinski definition) is 5. The number of carboxylic acid groups (broad SMARTS) is 1. The summed E-state index contributed by atoms with van der Waals surface area (Å²) in [5.41, 5.74) is 1.73. The lowest BCUT2D eigenvalue weighted by Gasteiger charge is -2.33. The topological polar surface area (TPSA) is 75.6 Å². The molecule has 1 atom stereocenters. The summed E-state index contributed by atoms with van der Waals surface area (Å²) in [5.74, 6) is 0.246. The zero-order chi connectivity index (χ0) is 14.8. The Hall–Kier alpha value is -2.63. The average molecular weight is 285 g/mol. The van der Waals surface area contributed by atoms with Gasteiger partial charge in [0.2, 0.25) is 6.10 Å². The predicted molar refractivity (Wildman–Crippen MR) is 76.9 cm³/mol. The molecule has 0 spiro atoms. The highest BCUT2D eigenvalue weighted by Crippen LogP contribution is 2.37. The number of benzene rings is 1. The normalized spacial score (nSPS) is 17.0. The van der Waals surface area contributed by atoms with Gasteiger partial charge in [0.05, 0.1) is 12.2 Å².